The first-order chi connectivity index (χ1) is 8.24. The lowest BCUT2D eigenvalue weighted by Crippen LogP contribution is -2.27. The molecule has 0 spiro atoms. The van der Waals surface area contributed by atoms with Crippen LogP contribution in [-0.2, 0) is 0 Å². The molecule has 0 amide bonds. The third-order valence-electron chi connectivity index (χ3n) is 6.78. The minimum absolute atomic E-state index is 0.725. The summed E-state index contributed by atoms with van der Waals surface area (Å²) < 4.78 is 0. The van der Waals surface area contributed by atoms with Gasteiger partial charge >= 0.3 is 0 Å². The van der Waals surface area contributed by atoms with Crippen molar-refractivity contribution in [3.8, 4) is 0 Å². The van der Waals surface area contributed by atoms with E-state index >= 15 is 0 Å². The Morgan fingerprint density at radius 2 is 1.47 bits per heavy atom. The number of hydrogen-bond acceptors (Lipinski definition) is 1. The lowest BCUT2D eigenvalue weighted by Gasteiger charge is -2.32. The fourth-order valence-electron chi connectivity index (χ4n) is 5.89. The fourth-order valence-corrected chi connectivity index (χ4v) is 6.55. The SMILES string of the molecule is CC1C2CC3CC(C4CC4)CC2CCC(S)C31. The molecule has 4 saturated carbocycles. The lowest BCUT2D eigenvalue weighted by molar-refractivity contribution is 0.189. The summed E-state index contributed by atoms with van der Waals surface area (Å²) in [5.41, 5.74) is 0. The van der Waals surface area contributed by atoms with Crippen LogP contribution in [0.15, 0.2) is 0 Å². The summed E-state index contributed by atoms with van der Waals surface area (Å²) in [4.78, 5) is 0. The molecule has 4 aliphatic rings. The largest absolute Gasteiger partial charge is 0.176 e. The lowest BCUT2D eigenvalue weighted by atomic mass is 9.75. The Balaban J connectivity index is 1.66. The predicted molar refractivity (Wildman–Crippen MR) is 75.2 cm³/mol. The molecule has 4 fully saturated rings. The van der Waals surface area contributed by atoms with E-state index in [0.717, 1.165) is 46.7 Å². The molecular formula is C16H26S. The first kappa shape index (κ1) is 11.2. The van der Waals surface area contributed by atoms with Crippen LogP contribution >= 0.6 is 12.6 Å². The first-order valence-electron chi connectivity index (χ1n) is 7.92. The third kappa shape index (κ3) is 1.71. The Hall–Kier alpha value is 0.350. The highest BCUT2D eigenvalue weighted by molar-refractivity contribution is 7.81. The van der Waals surface area contributed by atoms with Crippen molar-refractivity contribution in [3.05, 3.63) is 0 Å². The van der Waals surface area contributed by atoms with E-state index in [1.807, 2.05) is 0 Å². The summed E-state index contributed by atoms with van der Waals surface area (Å²) in [6.07, 6.45) is 10.7. The van der Waals surface area contributed by atoms with E-state index in [4.69, 9.17) is 12.6 Å². The van der Waals surface area contributed by atoms with Crippen molar-refractivity contribution in [2.75, 3.05) is 0 Å². The van der Waals surface area contributed by atoms with E-state index in [1.165, 1.54) is 12.8 Å². The topological polar surface area (TPSA) is 0 Å². The summed E-state index contributed by atoms with van der Waals surface area (Å²) in [5.74, 6) is 7.40. The van der Waals surface area contributed by atoms with Gasteiger partial charge in [0.1, 0.15) is 0 Å². The Labute approximate surface area is 111 Å². The molecule has 0 aromatic rings. The zero-order chi connectivity index (χ0) is 11.6. The molecule has 7 atom stereocenters. The van der Waals surface area contributed by atoms with Gasteiger partial charge in [0.2, 0.25) is 0 Å². The van der Waals surface area contributed by atoms with Gasteiger partial charge in [-0.05, 0) is 86.4 Å². The second kappa shape index (κ2) is 3.92. The van der Waals surface area contributed by atoms with E-state index < -0.39 is 0 Å². The first-order valence-corrected chi connectivity index (χ1v) is 8.43. The molecule has 4 aliphatic carbocycles. The minimum atomic E-state index is 0.725. The maximum atomic E-state index is 4.97. The van der Waals surface area contributed by atoms with Gasteiger partial charge < -0.3 is 0 Å². The molecule has 1 heteroatoms. The highest BCUT2D eigenvalue weighted by Crippen LogP contribution is 2.60. The monoisotopic (exact) mass is 250 g/mol. The van der Waals surface area contributed by atoms with Crippen molar-refractivity contribution in [2.45, 2.75) is 57.1 Å². The van der Waals surface area contributed by atoms with Gasteiger partial charge in [-0.1, -0.05) is 6.92 Å². The van der Waals surface area contributed by atoms with Crippen molar-refractivity contribution < 1.29 is 0 Å². The van der Waals surface area contributed by atoms with Crippen molar-refractivity contribution >= 4 is 12.6 Å². The van der Waals surface area contributed by atoms with Crippen LogP contribution in [0.3, 0.4) is 0 Å². The summed E-state index contributed by atoms with van der Waals surface area (Å²) >= 11 is 4.97. The van der Waals surface area contributed by atoms with Gasteiger partial charge in [0, 0.05) is 5.25 Å². The summed E-state index contributed by atoms with van der Waals surface area (Å²) in [6.45, 7) is 2.55. The van der Waals surface area contributed by atoms with Gasteiger partial charge in [-0.2, -0.15) is 12.6 Å². The van der Waals surface area contributed by atoms with Gasteiger partial charge in [-0.15, -0.1) is 0 Å². The Morgan fingerprint density at radius 1 is 0.765 bits per heavy atom. The van der Waals surface area contributed by atoms with E-state index in [2.05, 4.69) is 6.92 Å². The van der Waals surface area contributed by atoms with E-state index in [9.17, 15) is 0 Å². The zero-order valence-electron chi connectivity index (χ0n) is 11.0. The highest BCUT2D eigenvalue weighted by atomic mass is 32.1. The van der Waals surface area contributed by atoms with Gasteiger partial charge in [-0.3, -0.25) is 0 Å². The maximum absolute atomic E-state index is 4.97. The summed E-state index contributed by atoms with van der Waals surface area (Å²) in [5, 5.41) is 0.725. The molecule has 0 aliphatic heterocycles. The van der Waals surface area contributed by atoms with Crippen molar-refractivity contribution in [1.82, 2.24) is 0 Å². The zero-order valence-corrected chi connectivity index (χ0v) is 11.9. The van der Waals surface area contributed by atoms with E-state index in [-0.39, 0.29) is 0 Å². The normalized spacial score (nSPS) is 57.9. The van der Waals surface area contributed by atoms with Crippen LogP contribution in [0.25, 0.3) is 0 Å². The molecule has 0 heterocycles. The summed E-state index contributed by atoms with van der Waals surface area (Å²) in [6, 6.07) is 0. The van der Waals surface area contributed by atoms with Gasteiger partial charge in [0.15, 0.2) is 0 Å². The van der Waals surface area contributed by atoms with E-state index in [0.29, 0.717) is 0 Å². The van der Waals surface area contributed by atoms with E-state index in [1.54, 1.807) is 32.1 Å². The van der Waals surface area contributed by atoms with Crippen LogP contribution in [0.1, 0.15) is 51.9 Å². The van der Waals surface area contributed by atoms with Crippen LogP contribution in [0.5, 0.6) is 0 Å². The average Bonchev–Trinajstić information content (AvgIpc) is 3.06. The molecule has 17 heavy (non-hydrogen) atoms. The Bertz CT molecular complexity index is 309. The Kier molecular flexibility index (Phi) is 2.58. The predicted octanol–water partition coefficient (Wildman–Crippen LogP) is 4.40. The molecule has 96 valence electrons. The number of hydrogen-bond donors (Lipinski definition) is 1. The molecule has 0 N–H and O–H groups in total. The molecule has 3 bridgehead atoms. The molecular weight excluding hydrogens is 224 g/mol. The molecule has 0 saturated heterocycles. The maximum Gasteiger partial charge on any atom is 0.00504 e. The highest BCUT2D eigenvalue weighted by Gasteiger charge is 2.52. The molecule has 0 nitrogen and oxygen atoms in total. The minimum Gasteiger partial charge on any atom is -0.176 e. The van der Waals surface area contributed by atoms with Crippen LogP contribution in [-0.4, -0.2) is 5.25 Å². The average molecular weight is 250 g/mol. The molecule has 0 aromatic heterocycles. The number of thiol groups is 1. The van der Waals surface area contributed by atoms with Gasteiger partial charge in [0.05, 0.1) is 0 Å². The van der Waals surface area contributed by atoms with Crippen molar-refractivity contribution in [2.24, 2.45) is 41.4 Å². The second-order valence-electron chi connectivity index (χ2n) is 7.57. The van der Waals surface area contributed by atoms with Crippen LogP contribution in [0, 0.1) is 41.4 Å². The van der Waals surface area contributed by atoms with Crippen LogP contribution in [0.2, 0.25) is 0 Å². The van der Waals surface area contributed by atoms with Crippen molar-refractivity contribution in [3.63, 3.8) is 0 Å². The van der Waals surface area contributed by atoms with Gasteiger partial charge in [-0.25, -0.2) is 0 Å². The molecule has 0 aromatic carbocycles. The molecule has 4 rings (SSSR count). The second-order valence-corrected chi connectivity index (χ2v) is 8.23. The van der Waals surface area contributed by atoms with Crippen molar-refractivity contribution in [1.29, 1.82) is 0 Å². The quantitative estimate of drug-likeness (QED) is 0.655. The fraction of sp³-hybridized carbons (Fsp3) is 1.00. The number of rotatable bonds is 1. The van der Waals surface area contributed by atoms with Crippen LogP contribution in [0.4, 0.5) is 0 Å². The Morgan fingerprint density at radius 3 is 2.24 bits per heavy atom. The molecule has 7 unspecified atom stereocenters. The molecule has 0 radical (unpaired) electrons. The smallest absolute Gasteiger partial charge is 0.00504 e. The van der Waals surface area contributed by atoms with Gasteiger partial charge in [0.25, 0.3) is 0 Å². The standard InChI is InChI=1S/C16H26S/c1-9-14-8-13-7-12(10-2-3-10)6-11(14)4-5-15(17)16(9)13/h9-17H,2-8H2,1H3. The number of fused-ring (bicyclic) bond motifs is 3. The third-order valence-corrected chi connectivity index (χ3v) is 7.39. The van der Waals surface area contributed by atoms with Crippen LogP contribution < -0.4 is 0 Å². The summed E-state index contributed by atoms with van der Waals surface area (Å²) in [7, 11) is 0.